The molecular weight excluding hydrogens is 366 g/mol. The number of hydrogen-bond donors (Lipinski definition) is 0. The fraction of sp³-hybridized carbons (Fsp3) is 0.0417. The van der Waals surface area contributed by atoms with Crippen molar-refractivity contribution in [1.29, 1.82) is 5.26 Å². The predicted octanol–water partition coefficient (Wildman–Crippen LogP) is 4.57. The molecule has 0 spiro atoms. The lowest BCUT2D eigenvalue weighted by atomic mass is 10.0. The van der Waals surface area contributed by atoms with E-state index in [1.54, 1.807) is 36.4 Å². The quantitative estimate of drug-likeness (QED) is 0.224. The van der Waals surface area contributed by atoms with Crippen LogP contribution in [0.4, 0.5) is 0 Å². The molecule has 0 amide bonds. The largest absolute Gasteiger partial charge is 0.458 e. The van der Waals surface area contributed by atoms with Crippen molar-refractivity contribution < 1.29 is 13.9 Å². The molecule has 0 bridgehead atoms. The lowest BCUT2D eigenvalue weighted by molar-refractivity contribution is -0.138. The van der Waals surface area contributed by atoms with Crippen molar-refractivity contribution in [3.05, 3.63) is 99.9 Å². The first kappa shape index (κ1) is 18.2. The lowest BCUT2D eigenvalue weighted by Gasteiger charge is -2.08. The Morgan fingerprint density at radius 3 is 2.66 bits per heavy atom. The van der Waals surface area contributed by atoms with Crippen LogP contribution in [0.1, 0.15) is 16.7 Å². The molecule has 1 aromatic heterocycles. The van der Waals surface area contributed by atoms with Crippen LogP contribution in [0.3, 0.4) is 0 Å². The first-order valence-corrected chi connectivity index (χ1v) is 8.93. The van der Waals surface area contributed by atoms with Crippen molar-refractivity contribution in [3.63, 3.8) is 0 Å². The summed E-state index contributed by atoms with van der Waals surface area (Å²) in [6.07, 6.45) is 2.92. The van der Waals surface area contributed by atoms with Crippen molar-refractivity contribution in [2.45, 2.75) is 6.61 Å². The van der Waals surface area contributed by atoms with E-state index in [2.05, 4.69) is 0 Å². The molecule has 0 aliphatic carbocycles. The second-order valence-electron chi connectivity index (χ2n) is 6.43. The summed E-state index contributed by atoms with van der Waals surface area (Å²) in [5, 5.41) is 11.5. The molecule has 3 aromatic carbocycles. The zero-order chi connectivity index (χ0) is 20.2. The average molecular weight is 381 g/mol. The SMILES string of the molecule is N#Cc1ccc(/C=C/C(=O)OCc2cc(=O)oc3ccc4ccccc4c23)cc1. The van der Waals surface area contributed by atoms with Crippen LogP contribution in [-0.2, 0) is 16.1 Å². The number of carbonyl (C=O) groups excluding carboxylic acids is 1. The monoisotopic (exact) mass is 381 g/mol. The minimum Gasteiger partial charge on any atom is -0.458 e. The maximum atomic E-state index is 12.1. The first-order chi connectivity index (χ1) is 14.1. The summed E-state index contributed by atoms with van der Waals surface area (Å²) < 4.78 is 10.7. The third-order valence-electron chi connectivity index (χ3n) is 4.54. The Morgan fingerprint density at radius 2 is 1.86 bits per heavy atom. The van der Waals surface area contributed by atoms with Gasteiger partial charge in [-0.25, -0.2) is 9.59 Å². The maximum Gasteiger partial charge on any atom is 0.336 e. The number of hydrogen-bond acceptors (Lipinski definition) is 5. The third kappa shape index (κ3) is 3.92. The molecule has 0 atom stereocenters. The number of fused-ring (bicyclic) bond motifs is 3. The van der Waals surface area contributed by atoms with Crippen molar-refractivity contribution in [2.75, 3.05) is 0 Å². The highest BCUT2D eigenvalue weighted by Gasteiger charge is 2.11. The van der Waals surface area contributed by atoms with E-state index in [0.717, 1.165) is 21.7 Å². The molecule has 0 unspecified atom stereocenters. The van der Waals surface area contributed by atoms with E-state index in [9.17, 15) is 9.59 Å². The number of esters is 1. The van der Waals surface area contributed by atoms with Gasteiger partial charge in [0.2, 0.25) is 0 Å². The molecule has 0 radical (unpaired) electrons. The molecular formula is C24H15NO4. The van der Waals surface area contributed by atoms with Gasteiger partial charge in [-0.2, -0.15) is 5.26 Å². The van der Waals surface area contributed by atoms with Gasteiger partial charge in [0.15, 0.2) is 0 Å². The summed E-state index contributed by atoms with van der Waals surface area (Å²) in [7, 11) is 0. The first-order valence-electron chi connectivity index (χ1n) is 8.93. The fourth-order valence-electron chi connectivity index (χ4n) is 3.16. The molecule has 0 aliphatic heterocycles. The summed E-state index contributed by atoms with van der Waals surface area (Å²) in [6, 6.07) is 21.6. The van der Waals surface area contributed by atoms with Crippen molar-refractivity contribution >= 4 is 33.8 Å². The van der Waals surface area contributed by atoms with Gasteiger partial charge in [-0.05, 0) is 40.6 Å². The topological polar surface area (TPSA) is 80.3 Å². The third-order valence-corrected chi connectivity index (χ3v) is 4.54. The highest BCUT2D eigenvalue weighted by Crippen LogP contribution is 2.27. The highest BCUT2D eigenvalue weighted by atomic mass is 16.5. The Bertz CT molecular complexity index is 1340. The zero-order valence-electron chi connectivity index (χ0n) is 15.3. The molecule has 140 valence electrons. The number of carbonyl (C=O) groups is 1. The normalized spacial score (nSPS) is 11.0. The van der Waals surface area contributed by atoms with Crippen molar-refractivity contribution in [1.82, 2.24) is 0 Å². The summed E-state index contributed by atoms with van der Waals surface area (Å²) >= 11 is 0. The van der Waals surface area contributed by atoms with Gasteiger partial charge in [-0.1, -0.05) is 42.5 Å². The van der Waals surface area contributed by atoms with Gasteiger partial charge < -0.3 is 9.15 Å². The molecule has 0 saturated carbocycles. The van der Waals surface area contributed by atoms with Gasteiger partial charge in [-0.15, -0.1) is 0 Å². The molecule has 5 heteroatoms. The molecule has 0 N–H and O–H groups in total. The van der Waals surface area contributed by atoms with Gasteiger partial charge in [0.1, 0.15) is 12.2 Å². The second-order valence-corrected chi connectivity index (χ2v) is 6.43. The van der Waals surface area contributed by atoms with E-state index >= 15 is 0 Å². The van der Waals surface area contributed by atoms with Crippen LogP contribution >= 0.6 is 0 Å². The zero-order valence-corrected chi connectivity index (χ0v) is 15.3. The number of rotatable bonds is 4. The number of nitriles is 1. The molecule has 0 fully saturated rings. The molecule has 4 aromatic rings. The van der Waals surface area contributed by atoms with Crippen LogP contribution in [-0.4, -0.2) is 5.97 Å². The van der Waals surface area contributed by atoms with E-state index in [1.807, 2.05) is 36.4 Å². The van der Waals surface area contributed by atoms with Crippen LogP contribution in [0.15, 0.2) is 82.0 Å². The van der Waals surface area contributed by atoms with Crippen LogP contribution in [0.2, 0.25) is 0 Å². The fourth-order valence-corrected chi connectivity index (χ4v) is 3.16. The Balaban J connectivity index is 1.58. The summed E-state index contributed by atoms with van der Waals surface area (Å²) in [4.78, 5) is 24.0. The Hall–Kier alpha value is -4.17. The molecule has 0 aliphatic rings. The van der Waals surface area contributed by atoms with Gasteiger partial charge in [-0.3, -0.25) is 0 Å². The number of nitrogens with zero attached hydrogens (tertiary/aromatic N) is 1. The minimum absolute atomic E-state index is 0.0490. The van der Waals surface area contributed by atoms with Crippen LogP contribution in [0, 0.1) is 11.3 Å². The Morgan fingerprint density at radius 1 is 1.07 bits per heavy atom. The Labute approximate surface area is 166 Å². The van der Waals surface area contributed by atoms with Crippen molar-refractivity contribution in [2.24, 2.45) is 0 Å². The maximum absolute atomic E-state index is 12.1. The van der Waals surface area contributed by atoms with Gasteiger partial charge in [0.25, 0.3) is 0 Å². The summed E-state index contributed by atoms with van der Waals surface area (Å²) in [5.41, 5.74) is 1.87. The van der Waals surface area contributed by atoms with Crippen molar-refractivity contribution in [3.8, 4) is 6.07 Å². The highest BCUT2D eigenvalue weighted by molar-refractivity contribution is 6.07. The molecule has 5 nitrogen and oxygen atoms in total. The second kappa shape index (κ2) is 7.83. The molecule has 4 rings (SSSR count). The standard InChI is InChI=1S/C24H15NO4/c25-14-17-7-5-16(6-8-17)9-12-22(26)28-15-19-13-23(27)29-21-11-10-18-3-1-2-4-20(18)24(19)21/h1-13H,15H2/b12-9+. The van der Waals surface area contributed by atoms with E-state index in [-0.39, 0.29) is 6.61 Å². The number of benzene rings is 3. The lowest BCUT2D eigenvalue weighted by Crippen LogP contribution is -2.06. The Kier molecular flexibility index (Phi) is 4.91. The van der Waals surface area contributed by atoms with Crippen LogP contribution in [0.5, 0.6) is 0 Å². The van der Waals surface area contributed by atoms with Gasteiger partial charge >= 0.3 is 11.6 Å². The molecule has 0 saturated heterocycles. The van der Waals surface area contributed by atoms with Gasteiger partial charge in [0.05, 0.1) is 11.6 Å². The number of ether oxygens (including phenoxy) is 1. The van der Waals surface area contributed by atoms with Gasteiger partial charge in [0, 0.05) is 23.1 Å². The smallest absolute Gasteiger partial charge is 0.336 e. The summed E-state index contributed by atoms with van der Waals surface area (Å²) in [5.74, 6) is -0.531. The van der Waals surface area contributed by atoms with E-state index < -0.39 is 11.6 Å². The summed E-state index contributed by atoms with van der Waals surface area (Å²) in [6.45, 7) is -0.0490. The average Bonchev–Trinajstić information content (AvgIpc) is 2.76. The van der Waals surface area contributed by atoms with E-state index in [0.29, 0.717) is 16.7 Å². The molecule has 29 heavy (non-hydrogen) atoms. The van der Waals surface area contributed by atoms with Crippen LogP contribution < -0.4 is 5.63 Å². The predicted molar refractivity (Wildman–Crippen MR) is 110 cm³/mol. The van der Waals surface area contributed by atoms with Crippen LogP contribution in [0.25, 0.3) is 27.8 Å². The van der Waals surface area contributed by atoms with E-state index in [1.165, 1.54) is 12.1 Å². The van der Waals surface area contributed by atoms with E-state index in [4.69, 9.17) is 14.4 Å². The minimum atomic E-state index is -0.531. The molecule has 1 heterocycles.